The molecule has 2 N–H and O–H groups in total. The van der Waals surface area contributed by atoms with E-state index in [0.29, 0.717) is 19.5 Å². The summed E-state index contributed by atoms with van der Waals surface area (Å²) < 4.78 is 35.9. The molecule has 0 amide bonds. The van der Waals surface area contributed by atoms with Gasteiger partial charge in [-0.15, -0.1) is 0 Å². The summed E-state index contributed by atoms with van der Waals surface area (Å²) in [6, 6.07) is 0. The number of aliphatic hydroxyl groups excluding tert-OH is 2. The highest BCUT2D eigenvalue weighted by Crippen LogP contribution is 2.23. The Morgan fingerprint density at radius 2 is 2.07 bits per heavy atom. The molecule has 1 heterocycles. The molecule has 1 aliphatic rings. The van der Waals surface area contributed by atoms with Crippen molar-refractivity contribution >= 4 is 0 Å². The van der Waals surface area contributed by atoms with E-state index in [1.54, 1.807) is 0 Å². The zero-order valence-corrected chi connectivity index (χ0v) is 7.67. The summed E-state index contributed by atoms with van der Waals surface area (Å²) in [4.78, 5) is 1.53. The minimum absolute atomic E-state index is 0.00138. The van der Waals surface area contributed by atoms with Gasteiger partial charge in [-0.3, -0.25) is 0 Å². The first-order chi connectivity index (χ1) is 6.43. The summed E-state index contributed by atoms with van der Waals surface area (Å²) in [6.45, 7) is 0.556. The maximum Gasteiger partial charge on any atom is 0.415 e. The van der Waals surface area contributed by atoms with Crippen LogP contribution in [0.2, 0.25) is 0 Å². The van der Waals surface area contributed by atoms with Gasteiger partial charge in [0.15, 0.2) is 6.10 Å². The molecular formula is C8H14F3NO2. The highest BCUT2D eigenvalue weighted by Gasteiger charge is 2.40. The second-order valence-corrected chi connectivity index (χ2v) is 3.65. The first kappa shape index (κ1) is 11.7. The van der Waals surface area contributed by atoms with Gasteiger partial charge in [0.2, 0.25) is 0 Å². The van der Waals surface area contributed by atoms with Crippen LogP contribution in [0.1, 0.15) is 6.42 Å². The van der Waals surface area contributed by atoms with Crippen LogP contribution < -0.4 is 0 Å². The average Bonchev–Trinajstić information content (AvgIpc) is 2.50. The highest BCUT2D eigenvalue weighted by atomic mass is 19.4. The summed E-state index contributed by atoms with van der Waals surface area (Å²) in [7, 11) is 0. The van der Waals surface area contributed by atoms with Crippen molar-refractivity contribution in [3.63, 3.8) is 0 Å². The Morgan fingerprint density at radius 3 is 2.50 bits per heavy atom. The van der Waals surface area contributed by atoms with Crippen LogP contribution in [0.5, 0.6) is 0 Å². The first-order valence-electron chi connectivity index (χ1n) is 4.51. The number of nitrogens with zero attached hydrogens (tertiary/aromatic N) is 1. The molecule has 14 heavy (non-hydrogen) atoms. The van der Waals surface area contributed by atoms with Gasteiger partial charge in [-0.25, -0.2) is 0 Å². The van der Waals surface area contributed by atoms with E-state index < -0.39 is 12.3 Å². The Kier molecular flexibility index (Phi) is 3.74. The maximum atomic E-state index is 12.0. The number of aliphatic hydroxyl groups is 2. The highest BCUT2D eigenvalue weighted by molar-refractivity contribution is 4.79. The normalized spacial score (nSPS) is 26.8. The number of rotatable bonds is 3. The van der Waals surface area contributed by atoms with Gasteiger partial charge in [0.1, 0.15) is 0 Å². The molecule has 1 saturated heterocycles. The van der Waals surface area contributed by atoms with Crippen molar-refractivity contribution in [1.29, 1.82) is 0 Å². The first-order valence-corrected chi connectivity index (χ1v) is 4.51. The zero-order valence-electron chi connectivity index (χ0n) is 7.67. The summed E-state index contributed by atoms with van der Waals surface area (Å²) in [5.41, 5.74) is 0. The Balaban J connectivity index is 2.32. The topological polar surface area (TPSA) is 43.7 Å². The molecule has 3 nitrogen and oxygen atoms in total. The van der Waals surface area contributed by atoms with Gasteiger partial charge < -0.3 is 15.1 Å². The van der Waals surface area contributed by atoms with Gasteiger partial charge >= 0.3 is 6.18 Å². The van der Waals surface area contributed by atoms with Gasteiger partial charge in [-0.2, -0.15) is 13.2 Å². The zero-order chi connectivity index (χ0) is 10.8. The molecule has 1 fully saturated rings. The molecule has 84 valence electrons. The largest absolute Gasteiger partial charge is 0.415 e. The molecule has 0 aromatic carbocycles. The number of hydrogen-bond donors (Lipinski definition) is 2. The van der Waals surface area contributed by atoms with Crippen molar-refractivity contribution in [3.05, 3.63) is 0 Å². The van der Waals surface area contributed by atoms with Crippen molar-refractivity contribution in [2.45, 2.75) is 18.7 Å². The second-order valence-electron chi connectivity index (χ2n) is 3.65. The quantitative estimate of drug-likeness (QED) is 0.705. The minimum atomic E-state index is -4.54. The van der Waals surface area contributed by atoms with Crippen molar-refractivity contribution in [1.82, 2.24) is 4.90 Å². The van der Waals surface area contributed by atoms with Crippen LogP contribution in [-0.2, 0) is 0 Å². The van der Waals surface area contributed by atoms with E-state index in [-0.39, 0.29) is 19.1 Å². The molecular weight excluding hydrogens is 199 g/mol. The summed E-state index contributed by atoms with van der Waals surface area (Å²) in [5, 5.41) is 17.5. The van der Waals surface area contributed by atoms with Crippen LogP contribution in [0.3, 0.4) is 0 Å². The molecule has 1 rings (SSSR count). The van der Waals surface area contributed by atoms with Crippen molar-refractivity contribution in [3.8, 4) is 0 Å². The Hall–Kier alpha value is -0.330. The molecule has 2 atom stereocenters. The molecule has 6 heteroatoms. The second kappa shape index (κ2) is 4.46. The van der Waals surface area contributed by atoms with E-state index in [1.807, 2.05) is 0 Å². The van der Waals surface area contributed by atoms with Crippen LogP contribution in [-0.4, -0.2) is 53.6 Å². The lowest BCUT2D eigenvalue weighted by Gasteiger charge is -2.21. The molecule has 0 aliphatic carbocycles. The van der Waals surface area contributed by atoms with Gasteiger partial charge in [-0.1, -0.05) is 0 Å². The molecule has 2 unspecified atom stereocenters. The van der Waals surface area contributed by atoms with Crippen LogP contribution >= 0.6 is 0 Å². The van der Waals surface area contributed by atoms with Crippen molar-refractivity contribution in [2.24, 2.45) is 5.92 Å². The molecule has 0 aromatic rings. The summed E-state index contributed by atoms with van der Waals surface area (Å²) >= 11 is 0. The Bertz CT molecular complexity index is 186. The number of hydrogen-bond acceptors (Lipinski definition) is 3. The number of halogens is 3. The lowest BCUT2D eigenvalue weighted by atomic mass is 10.1. The predicted octanol–water partition coefficient (Wildman–Crippen LogP) is 0.224. The van der Waals surface area contributed by atoms with E-state index in [0.717, 1.165) is 0 Å². The van der Waals surface area contributed by atoms with Crippen LogP contribution in [0.4, 0.5) is 13.2 Å². The minimum Gasteiger partial charge on any atom is -0.396 e. The predicted molar refractivity (Wildman–Crippen MR) is 43.7 cm³/mol. The van der Waals surface area contributed by atoms with Crippen LogP contribution in [0, 0.1) is 5.92 Å². The number of alkyl halides is 3. The standard InChI is InChI=1S/C8H14F3NO2/c9-8(10,11)7(14)4-12-2-1-6(3-12)5-13/h6-7,13-14H,1-5H2. The van der Waals surface area contributed by atoms with Gasteiger partial charge in [0.05, 0.1) is 0 Å². The number of β-amino-alcohol motifs (C(OH)–C–C–N with tert-alkyl or cyclic N) is 1. The summed E-state index contributed by atoms with van der Waals surface area (Å²) in [6.07, 6.45) is -6.13. The fourth-order valence-corrected chi connectivity index (χ4v) is 1.58. The Labute approximate surface area is 80.1 Å². The van der Waals surface area contributed by atoms with Crippen molar-refractivity contribution < 1.29 is 23.4 Å². The molecule has 0 radical (unpaired) electrons. The summed E-state index contributed by atoms with van der Waals surface area (Å²) in [5.74, 6) is 0.0513. The molecule has 0 spiro atoms. The smallest absolute Gasteiger partial charge is 0.396 e. The molecule has 0 bridgehead atoms. The van der Waals surface area contributed by atoms with Crippen molar-refractivity contribution in [2.75, 3.05) is 26.2 Å². The third kappa shape index (κ3) is 3.11. The van der Waals surface area contributed by atoms with Gasteiger partial charge in [-0.05, 0) is 18.9 Å². The number of likely N-dealkylation sites (tertiary alicyclic amines) is 1. The lowest BCUT2D eigenvalue weighted by Crippen LogP contribution is -2.40. The van der Waals surface area contributed by atoms with Crippen LogP contribution in [0.15, 0.2) is 0 Å². The van der Waals surface area contributed by atoms with Crippen LogP contribution in [0.25, 0.3) is 0 Å². The lowest BCUT2D eigenvalue weighted by molar-refractivity contribution is -0.207. The molecule has 1 aliphatic heterocycles. The molecule has 0 aromatic heterocycles. The SMILES string of the molecule is OCC1CCN(CC(O)C(F)(F)F)C1. The monoisotopic (exact) mass is 213 g/mol. The van der Waals surface area contributed by atoms with E-state index in [2.05, 4.69) is 0 Å². The van der Waals surface area contributed by atoms with Gasteiger partial charge in [0.25, 0.3) is 0 Å². The van der Waals surface area contributed by atoms with E-state index in [1.165, 1.54) is 4.90 Å². The van der Waals surface area contributed by atoms with E-state index in [4.69, 9.17) is 10.2 Å². The Morgan fingerprint density at radius 1 is 1.43 bits per heavy atom. The molecule has 0 saturated carbocycles. The van der Waals surface area contributed by atoms with E-state index in [9.17, 15) is 13.2 Å². The maximum absolute atomic E-state index is 12.0. The third-order valence-corrected chi connectivity index (χ3v) is 2.44. The average molecular weight is 213 g/mol. The van der Waals surface area contributed by atoms with Gasteiger partial charge in [0, 0.05) is 19.7 Å². The fourth-order valence-electron chi connectivity index (χ4n) is 1.58. The third-order valence-electron chi connectivity index (χ3n) is 2.44. The fraction of sp³-hybridized carbons (Fsp3) is 1.00. The van der Waals surface area contributed by atoms with E-state index >= 15 is 0 Å².